The molecule has 34 heavy (non-hydrogen) atoms. The third kappa shape index (κ3) is 6.07. The molecule has 0 saturated carbocycles. The Kier molecular flexibility index (Phi) is 8.38. The third-order valence-corrected chi connectivity index (χ3v) is 6.88. The molecule has 0 aromatic heterocycles. The highest BCUT2D eigenvalue weighted by atomic mass is 32.2. The molecule has 2 aromatic rings. The van der Waals surface area contributed by atoms with Crippen LogP contribution in [-0.2, 0) is 4.79 Å². The van der Waals surface area contributed by atoms with Gasteiger partial charge in [-0.15, -0.1) is 0 Å². The Morgan fingerprint density at radius 3 is 2.65 bits per heavy atom. The minimum absolute atomic E-state index is 0.140. The summed E-state index contributed by atoms with van der Waals surface area (Å²) in [5.74, 6) is 0.782. The molecule has 2 amide bonds. The molecule has 0 unspecified atom stereocenters. The Morgan fingerprint density at radius 2 is 1.82 bits per heavy atom. The van der Waals surface area contributed by atoms with Crippen molar-refractivity contribution in [2.24, 2.45) is 4.99 Å². The van der Waals surface area contributed by atoms with Crippen LogP contribution in [0.5, 0.6) is 5.75 Å². The number of nitrogens with one attached hydrogen (secondary N) is 1. The van der Waals surface area contributed by atoms with Gasteiger partial charge in [0.15, 0.2) is 0 Å². The third-order valence-electron chi connectivity index (χ3n) is 6.03. The lowest BCUT2D eigenvalue weighted by Crippen LogP contribution is -2.46. The fraction of sp³-hybridized carbons (Fsp3) is 0.346. The number of piperazine rings is 1. The van der Waals surface area contributed by atoms with Crippen LogP contribution in [0.2, 0.25) is 0 Å². The second-order valence-corrected chi connectivity index (χ2v) is 9.18. The summed E-state index contributed by atoms with van der Waals surface area (Å²) >= 11 is 1.04. The van der Waals surface area contributed by atoms with Gasteiger partial charge in [-0.25, -0.2) is 4.99 Å². The summed E-state index contributed by atoms with van der Waals surface area (Å²) in [6, 6.07) is 15.6. The van der Waals surface area contributed by atoms with Crippen LogP contribution in [0.15, 0.2) is 64.5 Å². The highest BCUT2D eigenvalue weighted by molar-refractivity contribution is 8.13. The number of aliphatic imine (C=N–C) groups is 1. The standard InChI is InChI=1S/C26H30N4O3S/c1-33-23-10-4-3-9-22(23)30-18-16-29(17-19-30)15-7-6-13-27-25(31)21-12-14-28-26(32)34-24-11-5-2-8-20(21)24/h2-5,8-12,14H,6-7,13,15-19H2,1H3,(H,27,31). The normalized spacial score (nSPS) is 16.3. The summed E-state index contributed by atoms with van der Waals surface area (Å²) in [7, 11) is 1.72. The fourth-order valence-electron chi connectivity index (χ4n) is 4.22. The number of nitrogens with zero attached hydrogens (tertiary/aromatic N) is 3. The van der Waals surface area contributed by atoms with Gasteiger partial charge in [0.1, 0.15) is 5.75 Å². The van der Waals surface area contributed by atoms with E-state index in [0.717, 1.165) is 79.2 Å². The Hall–Kier alpha value is -3.10. The van der Waals surface area contributed by atoms with Gasteiger partial charge in [0, 0.05) is 55.0 Å². The number of methoxy groups -OCH3 is 1. The van der Waals surface area contributed by atoms with Gasteiger partial charge in [0.2, 0.25) is 0 Å². The maximum Gasteiger partial charge on any atom is 0.309 e. The van der Waals surface area contributed by atoms with Gasteiger partial charge in [-0.2, -0.15) is 0 Å². The van der Waals surface area contributed by atoms with Gasteiger partial charge in [-0.1, -0.05) is 30.3 Å². The maximum absolute atomic E-state index is 12.8. The van der Waals surface area contributed by atoms with E-state index in [1.165, 1.54) is 6.21 Å². The van der Waals surface area contributed by atoms with Crippen LogP contribution in [0.1, 0.15) is 18.4 Å². The predicted octanol–water partition coefficient (Wildman–Crippen LogP) is 4.09. The van der Waals surface area contributed by atoms with Crippen LogP contribution >= 0.6 is 11.8 Å². The zero-order valence-corrected chi connectivity index (χ0v) is 20.2. The number of carbonyl (C=O) groups excluding carboxylic acids is 2. The number of amides is 2. The zero-order chi connectivity index (χ0) is 23.8. The van der Waals surface area contributed by atoms with Crippen molar-refractivity contribution in [1.82, 2.24) is 10.2 Å². The average Bonchev–Trinajstić information content (AvgIpc) is 2.86. The number of hydrogen-bond donors (Lipinski definition) is 1. The molecule has 1 N–H and O–H groups in total. The molecule has 1 saturated heterocycles. The SMILES string of the molecule is COc1ccccc1N1CCN(CCCCNC(=O)C2=CC=NC(=O)Sc3ccccc32)CC1. The molecule has 7 nitrogen and oxygen atoms in total. The minimum Gasteiger partial charge on any atom is -0.495 e. The van der Waals surface area contributed by atoms with Gasteiger partial charge in [0.05, 0.1) is 12.8 Å². The molecule has 2 heterocycles. The van der Waals surface area contributed by atoms with Gasteiger partial charge >= 0.3 is 5.24 Å². The molecule has 2 aromatic carbocycles. The number of ether oxygens (including phenoxy) is 1. The van der Waals surface area contributed by atoms with E-state index in [2.05, 4.69) is 32.2 Å². The minimum atomic E-state index is -0.285. The van der Waals surface area contributed by atoms with E-state index >= 15 is 0 Å². The van der Waals surface area contributed by atoms with Crippen LogP contribution in [0.25, 0.3) is 5.57 Å². The van der Waals surface area contributed by atoms with Crippen molar-refractivity contribution in [2.75, 3.05) is 51.3 Å². The zero-order valence-electron chi connectivity index (χ0n) is 19.4. The molecule has 0 bridgehead atoms. The first-order valence-corrected chi connectivity index (χ1v) is 12.4. The molecule has 2 aliphatic heterocycles. The Bertz CT molecular complexity index is 1080. The molecule has 0 atom stereocenters. The quantitative estimate of drug-likeness (QED) is 0.576. The van der Waals surface area contributed by atoms with Gasteiger partial charge in [-0.3, -0.25) is 14.5 Å². The number of anilines is 1. The maximum atomic E-state index is 12.8. The molecule has 0 spiro atoms. The number of hydrogen-bond acceptors (Lipinski definition) is 6. The Morgan fingerprint density at radius 1 is 1.06 bits per heavy atom. The van der Waals surface area contributed by atoms with Crippen molar-refractivity contribution < 1.29 is 14.3 Å². The lowest BCUT2D eigenvalue weighted by atomic mass is 10.0. The Balaban J connectivity index is 1.21. The summed E-state index contributed by atoms with van der Waals surface area (Å²) < 4.78 is 5.50. The molecule has 0 radical (unpaired) electrons. The number of allylic oxidation sites excluding steroid dienone is 1. The van der Waals surface area contributed by atoms with Crippen LogP contribution in [0.4, 0.5) is 10.5 Å². The molecular weight excluding hydrogens is 448 g/mol. The summed E-state index contributed by atoms with van der Waals surface area (Å²) in [6.45, 7) is 5.63. The topological polar surface area (TPSA) is 74.2 Å². The van der Waals surface area contributed by atoms with E-state index in [1.54, 1.807) is 13.2 Å². The fourth-order valence-corrected chi connectivity index (χ4v) is 4.96. The largest absolute Gasteiger partial charge is 0.495 e. The molecule has 8 heteroatoms. The van der Waals surface area contributed by atoms with Crippen LogP contribution < -0.4 is 15.0 Å². The number of benzene rings is 2. The van der Waals surface area contributed by atoms with E-state index in [4.69, 9.17) is 4.74 Å². The second-order valence-electron chi connectivity index (χ2n) is 8.19. The number of unbranched alkanes of at least 4 members (excludes halogenated alkanes) is 1. The number of carbonyl (C=O) groups is 2. The highest BCUT2D eigenvalue weighted by Crippen LogP contribution is 2.31. The summed E-state index contributed by atoms with van der Waals surface area (Å²) in [4.78, 5) is 34.1. The Labute approximate surface area is 204 Å². The van der Waals surface area contributed by atoms with E-state index in [0.29, 0.717) is 12.1 Å². The second kappa shape index (κ2) is 11.9. The van der Waals surface area contributed by atoms with Crippen molar-refractivity contribution >= 4 is 40.4 Å². The smallest absolute Gasteiger partial charge is 0.309 e. The average molecular weight is 479 g/mol. The van der Waals surface area contributed by atoms with Gasteiger partial charge < -0.3 is 15.0 Å². The van der Waals surface area contributed by atoms with Crippen LogP contribution in [0.3, 0.4) is 0 Å². The number of rotatable bonds is 8. The van der Waals surface area contributed by atoms with Crippen molar-refractivity contribution in [3.8, 4) is 5.75 Å². The monoisotopic (exact) mass is 478 g/mol. The first-order chi connectivity index (χ1) is 16.7. The summed E-state index contributed by atoms with van der Waals surface area (Å²) in [5, 5.41) is 2.74. The van der Waals surface area contributed by atoms with Crippen LogP contribution in [-0.4, -0.2) is 68.6 Å². The van der Waals surface area contributed by atoms with E-state index < -0.39 is 0 Å². The van der Waals surface area contributed by atoms with Crippen molar-refractivity contribution in [3.63, 3.8) is 0 Å². The van der Waals surface area contributed by atoms with Crippen molar-refractivity contribution in [3.05, 3.63) is 60.2 Å². The van der Waals surface area contributed by atoms with E-state index in [9.17, 15) is 9.59 Å². The van der Waals surface area contributed by atoms with Crippen LogP contribution in [0, 0.1) is 0 Å². The molecule has 0 aliphatic carbocycles. The van der Waals surface area contributed by atoms with Gasteiger partial charge in [0.25, 0.3) is 5.91 Å². The van der Waals surface area contributed by atoms with Crippen molar-refractivity contribution in [2.45, 2.75) is 17.7 Å². The lowest BCUT2D eigenvalue weighted by Gasteiger charge is -2.36. The van der Waals surface area contributed by atoms with E-state index in [-0.39, 0.29) is 11.1 Å². The lowest BCUT2D eigenvalue weighted by molar-refractivity contribution is -0.115. The molecule has 2 aliphatic rings. The van der Waals surface area contributed by atoms with Gasteiger partial charge in [-0.05, 0) is 55.4 Å². The summed E-state index contributed by atoms with van der Waals surface area (Å²) in [6.07, 6.45) is 4.96. The first kappa shape index (κ1) is 24.0. The molecule has 1 fully saturated rings. The summed E-state index contributed by atoms with van der Waals surface area (Å²) in [5.41, 5.74) is 2.45. The van der Waals surface area contributed by atoms with E-state index in [1.807, 2.05) is 36.4 Å². The number of thioether (sulfide) groups is 1. The number of para-hydroxylation sites is 2. The molecule has 178 valence electrons. The highest BCUT2D eigenvalue weighted by Gasteiger charge is 2.20. The first-order valence-electron chi connectivity index (χ1n) is 11.6. The van der Waals surface area contributed by atoms with Crippen molar-refractivity contribution in [1.29, 1.82) is 0 Å². The number of fused-ring (bicyclic) bond motifs is 1. The molecule has 4 rings (SSSR count). The predicted molar refractivity (Wildman–Crippen MR) is 138 cm³/mol. The molecular formula is C26H30N4O3S.